The number of hydrogen-bond acceptors (Lipinski definition) is 4. The summed E-state index contributed by atoms with van der Waals surface area (Å²) in [6.45, 7) is 1.94. The number of H-pyrrole nitrogens is 1. The molecule has 28 heavy (non-hydrogen) atoms. The first-order valence-electron chi connectivity index (χ1n) is 8.69. The molecule has 1 N–H and O–H groups in total. The Morgan fingerprint density at radius 1 is 1.14 bits per heavy atom. The summed E-state index contributed by atoms with van der Waals surface area (Å²) < 4.78 is 6.73. The molecule has 0 radical (unpaired) electrons. The van der Waals surface area contributed by atoms with Gasteiger partial charge in [-0.3, -0.25) is 9.89 Å². The van der Waals surface area contributed by atoms with Crippen molar-refractivity contribution in [1.29, 1.82) is 0 Å². The summed E-state index contributed by atoms with van der Waals surface area (Å²) in [7, 11) is 1.64. The second-order valence-corrected chi connectivity index (χ2v) is 7.81. The molecule has 4 aromatic rings. The van der Waals surface area contributed by atoms with E-state index in [1.165, 1.54) is 4.52 Å². The molecule has 0 saturated carbocycles. The van der Waals surface area contributed by atoms with Crippen LogP contribution in [-0.2, 0) is 5.75 Å². The van der Waals surface area contributed by atoms with Crippen LogP contribution >= 0.6 is 23.4 Å². The Labute approximate surface area is 171 Å². The van der Waals surface area contributed by atoms with Gasteiger partial charge in [-0.2, -0.15) is 0 Å². The highest BCUT2D eigenvalue weighted by Gasteiger charge is 2.15. The zero-order valence-electron chi connectivity index (χ0n) is 15.4. The van der Waals surface area contributed by atoms with Crippen molar-refractivity contribution in [2.24, 2.45) is 0 Å². The van der Waals surface area contributed by atoms with Crippen LogP contribution < -0.4 is 10.3 Å². The lowest BCUT2D eigenvalue weighted by Crippen LogP contribution is -2.15. The number of nitrogens with one attached hydrogen (secondary N) is 1. The van der Waals surface area contributed by atoms with E-state index in [4.69, 9.17) is 21.3 Å². The van der Waals surface area contributed by atoms with Gasteiger partial charge in [0.2, 0.25) is 0 Å². The number of thioether (sulfide) groups is 1. The molecule has 0 spiro atoms. The van der Waals surface area contributed by atoms with Crippen molar-refractivity contribution in [2.75, 3.05) is 7.11 Å². The van der Waals surface area contributed by atoms with Crippen molar-refractivity contribution in [2.45, 2.75) is 17.6 Å². The van der Waals surface area contributed by atoms with Crippen molar-refractivity contribution in [3.63, 3.8) is 0 Å². The Kier molecular flexibility index (Phi) is 5.15. The minimum atomic E-state index is -0.125. The normalized spacial score (nSPS) is 11.1. The molecule has 4 rings (SSSR count). The van der Waals surface area contributed by atoms with Crippen molar-refractivity contribution in [1.82, 2.24) is 14.6 Å². The van der Waals surface area contributed by atoms with Gasteiger partial charge < -0.3 is 4.74 Å². The zero-order chi connectivity index (χ0) is 19.7. The number of aryl methyl sites for hydroxylation is 1. The summed E-state index contributed by atoms with van der Waals surface area (Å²) >= 11 is 7.55. The van der Waals surface area contributed by atoms with Crippen LogP contribution in [0.15, 0.2) is 64.3 Å². The first-order valence-corrected chi connectivity index (χ1v) is 10.1. The monoisotopic (exact) mass is 411 g/mol. The predicted octanol–water partition coefficient (Wildman–Crippen LogP) is 4.95. The number of halogens is 1. The van der Waals surface area contributed by atoms with Gasteiger partial charge in [0.25, 0.3) is 5.56 Å². The SMILES string of the molecule is COc1ccc(-c2c(C)[nH]n3c(=O)cc(CSc4ccc(Cl)cc4)nc23)cc1. The standard InChI is InChI=1S/C21H18ClN3O2S/c1-13-20(14-3-7-17(27-2)8-4-14)21-23-16(11-19(26)25(21)24-13)12-28-18-9-5-15(22)6-10-18/h3-11,24H,12H2,1-2H3. The van der Waals surface area contributed by atoms with Gasteiger partial charge in [-0.05, 0) is 48.9 Å². The molecule has 0 atom stereocenters. The molecule has 5 nitrogen and oxygen atoms in total. The van der Waals surface area contributed by atoms with E-state index in [0.29, 0.717) is 16.4 Å². The first kappa shape index (κ1) is 18.7. The molecule has 0 aliphatic carbocycles. The maximum Gasteiger partial charge on any atom is 0.272 e. The van der Waals surface area contributed by atoms with Crippen LogP contribution in [0, 0.1) is 6.92 Å². The van der Waals surface area contributed by atoms with Crippen LogP contribution in [0.5, 0.6) is 5.75 Å². The third-order valence-corrected chi connectivity index (χ3v) is 5.73. The first-order chi connectivity index (χ1) is 13.5. The van der Waals surface area contributed by atoms with Gasteiger partial charge in [-0.1, -0.05) is 23.7 Å². The van der Waals surface area contributed by atoms with Crippen molar-refractivity contribution >= 4 is 29.0 Å². The van der Waals surface area contributed by atoms with E-state index in [1.807, 2.05) is 55.5 Å². The number of hydrogen-bond donors (Lipinski definition) is 1. The van der Waals surface area contributed by atoms with Crippen LogP contribution in [0.1, 0.15) is 11.4 Å². The molecule has 2 aromatic carbocycles. The van der Waals surface area contributed by atoms with Crippen LogP contribution in [0.2, 0.25) is 5.02 Å². The molecule has 0 aliphatic rings. The fourth-order valence-corrected chi connectivity index (χ4v) is 3.98. The van der Waals surface area contributed by atoms with Crippen molar-refractivity contribution in [3.05, 3.63) is 81.4 Å². The maximum atomic E-state index is 12.6. The van der Waals surface area contributed by atoms with Crippen molar-refractivity contribution < 1.29 is 4.74 Å². The summed E-state index contributed by atoms with van der Waals surface area (Å²) in [5, 5.41) is 3.82. The maximum absolute atomic E-state index is 12.6. The Morgan fingerprint density at radius 2 is 1.86 bits per heavy atom. The third-order valence-electron chi connectivity index (χ3n) is 4.43. The Hall–Kier alpha value is -2.70. The van der Waals surface area contributed by atoms with Gasteiger partial charge in [0.05, 0.1) is 12.8 Å². The van der Waals surface area contributed by atoms with Crippen LogP contribution in [0.3, 0.4) is 0 Å². The number of rotatable bonds is 5. The number of aromatic amines is 1. The molecule has 0 aliphatic heterocycles. The zero-order valence-corrected chi connectivity index (χ0v) is 17.0. The Balaban J connectivity index is 1.71. The number of benzene rings is 2. The molecule has 0 unspecified atom stereocenters. The summed E-state index contributed by atoms with van der Waals surface area (Å²) in [5.41, 5.74) is 4.02. The number of methoxy groups -OCH3 is 1. The third kappa shape index (κ3) is 3.66. The summed E-state index contributed by atoms with van der Waals surface area (Å²) in [4.78, 5) is 18.4. The Morgan fingerprint density at radius 3 is 2.54 bits per heavy atom. The highest BCUT2D eigenvalue weighted by atomic mass is 35.5. The Bertz CT molecular complexity index is 1180. The molecule has 2 aromatic heterocycles. The summed E-state index contributed by atoms with van der Waals surface area (Å²) in [5.74, 6) is 1.38. The molecule has 142 valence electrons. The van der Waals surface area contributed by atoms with Gasteiger partial charge in [0.15, 0.2) is 5.65 Å². The van der Waals surface area contributed by atoms with E-state index in [0.717, 1.165) is 33.2 Å². The van der Waals surface area contributed by atoms with E-state index in [-0.39, 0.29) is 5.56 Å². The van der Waals surface area contributed by atoms with Gasteiger partial charge in [0.1, 0.15) is 5.75 Å². The summed E-state index contributed by atoms with van der Waals surface area (Å²) in [6, 6.07) is 16.9. The van der Waals surface area contributed by atoms with Gasteiger partial charge in [0, 0.05) is 33.0 Å². The number of ether oxygens (including phenoxy) is 1. The van der Waals surface area contributed by atoms with E-state index < -0.39 is 0 Å². The molecule has 0 amide bonds. The molecule has 7 heteroatoms. The quantitative estimate of drug-likeness (QED) is 0.472. The average Bonchev–Trinajstić information content (AvgIpc) is 3.04. The second kappa shape index (κ2) is 7.73. The van der Waals surface area contributed by atoms with Crippen LogP contribution in [-0.4, -0.2) is 21.7 Å². The van der Waals surface area contributed by atoms with E-state index in [1.54, 1.807) is 24.9 Å². The molecule has 2 heterocycles. The van der Waals surface area contributed by atoms with E-state index in [2.05, 4.69) is 5.10 Å². The fraction of sp³-hybridized carbons (Fsp3) is 0.143. The lowest BCUT2D eigenvalue weighted by Gasteiger charge is -2.05. The molecular formula is C21H18ClN3O2S. The smallest absolute Gasteiger partial charge is 0.272 e. The van der Waals surface area contributed by atoms with Crippen LogP contribution in [0.25, 0.3) is 16.8 Å². The molecule has 0 bridgehead atoms. The molecular weight excluding hydrogens is 394 g/mol. The number of fused-ring (bicyclic) bond motifs is 1. The van der Waals surface area contributed by atoms with Gasteiger partial charge >= 0.3 is 0 Å². The predicted molar refractivity (Wildman–Crippen MR) is 114 cm³/mol. The summed E-state index contributed by atoms with van der Waals surface area (Å²) in [6.07, 6.45) is 0. The topological polar surface area (TPSA) is 59.4 Å². The fourth-order valence-electron chi connectivity index (χ4n) is 3.06. The second-order valence-electron chi connectivity index (χ2n) is 6.33. The highest BCUT2D eigenvalue weighted by Crippen LogP contribution is 2.29. The van der Waals surface area contributed by atoms with Gasteiger partial charge in [-0.15, -0.1) is 11.8 Å². The number of aromatic nitrogens is 3. The lowest BCUT2D eigenvalue weighted by molar-refractivity contribution is 0.415. The largest absolute Gasteiger partial charge is 0.497 e. The minimum absolute atomic E-state index is 0.125. The molecule has 0 fully saturated rings. The minimum Gasteiger partial charge on any atom is -0.497 e. The van der Waals surface area contributed by atoms with Gasteiger partial charge in [-0.25, -0.2) is 9.50 Å². The van der Waals surface area contributed by atoms with E-state index >= 15 is 0 Å². The molecule has 0 saturated heterocycles. The lowest BCUT2D eigenvalue weighted by atomic mass is 10.1. The van der Waals surface area contributed by atoms with E-state index in [9.17, 15) is 4.79 Å². The highest BCUT2D eigenvalue weighted by molar-refractivity contribution is 7.98. The average molecular weight is 412 g/mol. The number of nitrogens with zero attached hydrogens (tertiary/aromatic N) is 2. The van der Waals surface area contributed by atoms with Crippen molar-refractivity contribution in [3.8, 4) is 16.9 Å². The van der Waals surface area contributed by atoms with Crippen LogP contribution in [0.4, 0.5) is 0 Å².